The summed E-state index contributed by atoms with van der Waals surface area (Å²) in [7, 11) is 0. The number of fused-ring (bicyclic) bond motifs is 20. The van der Waals surface area contributed by atoms with Gasteiger partial charge in [-0.15, -0.1) is 0 Å². The monoisotopic (exact) mass is 1150 g/mol. The van der Waals surface area contributed by atoms with Crippen molar-refractivity contribution in [3.05, 3.63) is 93.0 Å². The van der Waals surface area contributed by atoms with Gasteiger partial charge >= 0.3 is 67.2 Å². The van der Waals surface area contributed by atoms with Crippen molar-refractivity contribution in [2.45, 2.75) is 108 Å². The second kappa shape index (κ2) is 24.3. The molecule has 0 N–H and O–H groups in total. The minimum Gasteiger partial charge on any atom is -0.461 e. The summed E-state index contributed by atoms with van der Waals surface area (Å²) >= 11 is 0. The average molecular weight is 1150 g/mol. The van der Waals surface area contributed by atoms with Crippen molar-refractivity contribution < 1.29 is 95.7 Å². The van der Waals surface area contributed by atoms with E-state index >= 15 is 0 Å². The summed E-state index contributed by atoms with van der Waals surface area (Å²) in [5, 5.41) is 1.50. The van der Waals surface area contributed by atoms with Crippen LogP contribution >= 0.6 is 0 Å². The molecule has 9 rings (SSSR count). The fourth-order valence-electron chi connectivity index (χ4n) is 8.71. The summed E-state index contributed by atoms with van der Waals surface area (Å²) < 4.78 is 43.6. The van der Waals surface area contributed by atoms with Crippen LogP contribution in [0.15, 0.2) is 48.5 Å². The molecule has 81 heavy (non-hydrogen) atoms. The van der Waals surface area contributed by atoms with E-state index in [-0.39, 0.29) is 118 Å². The van der Waals surface area contributed by atoms with Crippen molar-refractivity contribution in [2.75, 3.05) is 0 Å². The molecule has 0 saturated carbocycles. The Morgan fingerprint density at radius 2 is 0.444 bits per heavy atom. The summed E-state index contributed by atoms with van der Waals surface area (Å²) in [5.74, 6) is -4.41. The van der Waals surface area contributed by atoms with Gasteiger partial charge < -0.3 is 67.8 Å². The molecule has 5 heterocycles. The first kappa shape index (κ1) is 57.8. The zero-order valence-corrected chi connectivity index (χ0v) is 48.1. The molecule has 24 nitrogen and oxygen atoms in total. The Bertz CT molecular complexity index is 3490. The topological polar surface area (TPSA) is 316 Å². The van der Waals surface area contributed by atoms with E-state index in [2.05, 4.69) is 0 Å². The van der Waals surface area contributed by atoms with Crippen LogP contribution in [-0.4, -0.2) is 77.7 Å². The van der Waals surface area contributed by atoms with Gasteiger partial charge in [-0.05, 0) is 115 Å². The van der Waals surface area contributed by atoms with E-state index < -0.39 is 47.8 Å². The van der Waals surface area contributed by atoms with Gasteiger partial charge in [-0.1, -0.05) is 0 Å². The van der Waals surface area contributed by atoms with Gasteiger partial charge in [-0.3, -0.25) is 38.4 Å². The number of hydrogen-bond donors (Lipinski definition) is 0. The van der Waals surface area contributed by atoms with E-state index in [9.17, 15) is 38.4 Å². The Hall–Kier alpha value is -9.38. The van der Waals surface area contributed by atoms with Gasteiger partial charge in [0, 0.05) is 100 Å². The zero-order chi connectivity index (χ0) is 57.1. The third kappa shape index (κ3) is 13.2. The van der Waals surface area contributed by atoms with Gasteiger partial charge in [0.1, 0.15) is 52.9 Å². The first-order valence-electron chi connectivity index (χ1n) is 24.6. The Morgan fingerprint density at radius 3 is 0.605 bits per heavy atom. The van der Waals surface area contributed by atoms with Crippen molar-refractivity contribution in [3.8, 4) is 45.6 Å². The molecule has 4 aromatic carbocycles. The number of rotatable bonds is 16. The smallest absolute Gasteiger partial charge is 0.461 e. The van der Waals surface area contributed by atoms with E-state index in [1.54, 1.807) is 48.5 Å². The molecule has 0 aliphatic carbocycles. The number of nitrogens with zero attached hydrogens (tertiary/aromatic N) is 8. The van der Waals surface area contributed by atoms with E-state index in [0.29, 0.717) is 88.3 Å². The number of ether oxygens (including phenoxy) is 8. The molecule has 2 aliphatic rings. The number of carbonyl (C=O) groups is 8. The molecule has 0 fully saturated rings. The van der Waals surface area contributed by atoms with Crippen molar-refractivity contribution >= 4 is 91.9 Å². The van der Waals surface area contributed by atoms with Crippen molar-refractivity contribution in [2.24, 2.45) is 0 Å². The standard InChI is InChI=1S/C56H48N8O16.Zn/c1-25(65)73-17-33-9-41-42(10-34(33)18-74-26(2)66)50-57-49(41)61-51-43-11-35(19-75-27(3)67)36(20-76-28(4)68)12-44(43)53(58-51)63-55-47-15-39(23-79-31(7)71)40(24-80-32(8)72)16-48(47)56(60-55)64-54-46-14-38(22-78-30(6)70)37(21-77-29(5)69)13-45(46)52(59-54)62-50;/h9-16H,17-24H2,1-8H3;/q-2;+2. The van der Waals surface area contributed by atoms with Crippen LogP contribution in [0.2, 0.25) is 0 Å². The summed E-state index contributed by atoms with van der Waals surface area (Å²) in [6.07, 6.45) is 0. The summed E-state index contributed by atoms with van der Waals surface area (Å²) in [4.78, 5) is 138. The van der Waals surface area contributed by atoms with Crippen LogP contribution in [0.25, 0.3) is 89.7 Å². The van der Waals surface area contributed by atoms with Crippen LogP contribution in [-0.2, 0) is 149 Å². The number of aromatic nitrogens is 8. The molecule has 0 atom stereocenters. The van der Waals surface area contributed by atoms with Gasteiger partial charge in [0.05, 0.1) is 23.3 Å². The molecule has 7 aromatic rings. The molecule has 3 aromatic heterocycles. The Kier molecular flexibility index (Phi) is 17.4. The molecule has 8 bridgehead atoms. The third-order valence-electron chi connectivity index (χ3n) is 12.4. The van der Waals surface area contributed by atoms with Crippen LogP contribution in [0.1, 0.15) is 99.9 Å². The Balaban J connectivity index is 0.00000860. The minimum absolute atomic E-state index is 0. The summed E-state index contributed by atoms with van der Waals surface area (Å²) in [6, 6.07) is 13.4. The van der Waals surface area contributed by atoms with Crippen LogP contribution < -0.4 is 9.97 Å². The number of benzene rings is 4. The normalized spacial score (nSPS) is 11.2. The van der Waals surface area contributed by atoms with Gasteiger partial charge in [0.2, 0.25) is 0 Å². The molecule has 0 radical (unpaired) electrons. The van der Waals surface area contributed by atoms with Crippen LogP contribution in [0.3, 0.4) is 0 Å². The van der Waals surface area contributed by atoms with Crippen LogP contribution in [0.4, 0.5) is 0 Å². The average Bonchev–Trinajstić information content (AvgIpc) is 4.11. The molecule has 0 spiro atoms. The fraction of sp³-hybridized carbons (Fsp3) is 0.286. The Morgan fingerprint density at radius 1 is 0.284 bits per heavy atom. The van der Waals surface area contributed by atoms with Gasteiger partial charge in [0.25, 0.3) is 0 Å². The summed E-state index contributed by atoms with van der Waals surface area (Å²) in [6.45, 7) is 8.12. The molecule has 2 aliphatic heterocycles. The zero-order valence-electron chi connectivity index (χ0n) is 45.1. The van der Waals surface area contributed by atoms with E-state index in [0.717, 1.165) is 0 Å². The fourth-order valence-corrected chi connectivity index (χ4v) is 8.71. The first-order valence-corrected chi connectivity index (χ1v) is 24.6. The summed E-state index contributed by atoms with van der Waals surface area (Å²) in [5.41, 5.74) is 5.22. The predicted octanol–water partition coefficient (Wildman–Crippen LogP) is 6.63. The molecule has 0 amide bonds. The van der Waals surface area contributed by atoms with Gasteiger partial charge in [-0.2, -0.15) is 0 Å². The molecule has 0 saturated heterocycles. The number of carbonyl (C=O) groups excluding carboxylic acids is 8. The number of hydrogen-bond acceptors (Lipinski definition) is 22. The van der Waals surface area contributed by atoms with Crippen molar-refractivity contribution in [3.63, 3.8) is 0 Å². The second-order valence-corrected chi connectivity index (χ2v) is 18.4. The SMILES string of the molecule is CC(=O)OCc1cc2c(cc1COC(C)=O)-c1nc-2nc2[n-]c(nc3nc(nc4[n-]c(n1)c1cc(COC(C)=O)c(COC(C)=O)cc41)-c1cc(COC(C)=O)c(COC(C)=O)cc1-3)c1cc(COC(C)=O)c(COC(C)=O)cc21.[Zn+2]. The Labute approximate surface area is 472 Å². The maximum Gasteiger partial charge on any atom is 2.00 e. The molecular formula is C56H48N8O16Zn. The minimum atomic E-state index is -0.579. The predicted molar refractivity (Wildman–Crippen MR) is 278 cm³/mol. The number of esters is 8. The van der Waals surface area contributed by atoms with E-state index in [1.165, 1.54) is 55.4 Å². The maximum atomic E-state index is 12.2. The quantitative estimate of drug-likeness (QED) is 0.0556. The molecule has 410 valence electrons. The van der Waals surface area contributed by atoms with Gasteiger partial charge in [0.15, 0.2) is 0 Å². The maximum absolute atomic E-state index is 12.2. The largest absolute Gasteiger partial charge is 2.00 e. The van der Waals surface area contributed by atoms with Gasteiger partial charge in [-0.25, -0.2) is 9.97 Å². The third-order valence-corrected chi connectivity index (χ3v) is 12.4. The van der Waals surface area contributed by atoms with E-state index in [1.807, 2.05) is 0 Å². The molecule has 0 unspecified atom stereocenters. The van der Waals surface area contributed by atoms with Crippen molar-refractivity contribution in [1.82, 2.24) is 39.9 Å². The molecular weight excluding hydrogens is 1110 g/mol. The van der Waals surface area contributed by atoms with Crippen LogP contribution in [0.5, 0.6) is 0 Å². The van der Waals surface area contributed by atoms with E-state index in [4.69, 9.17) is 77.8 Å². The molecule has 25 heteroatoms. The first-order chi connectivity index (χ1) is 38.2. The van der Waals surface area contributed by atoms with Crippen LogP contribution in [0, 0.1) is 0 Å². The second-order valence-electron chi connectivity index (χ2n) is 18.4. The van der Waals surface area contributed by atoms with Crippen molar-refractivity contribution in [1.29, 1.82) is 0 Å².